The molecule has 2 N–H and O–H groups in total. The molecule has 0 aliphatic heterocycles. The predicted molar refractivity (Wildman–Crippen MR) is 106 cm³/mol. The van der Waals surface area contributed by atoms with Gasteiger partial charge in [0.1, 0.15) is 10.6 Å². The van der Waals surface area contributed by atoms with E-state index in [9.17, 15) is 13.2 Å². The van der Waals surface area contributed by atoms with Crippen molar-refractivity contribution >= 4 is 27.9 Å². The maximum atomic E-state index is 12.9. The highest BCUT2D eigenvalue weighted by Gasteiger charge is 2.21. The molecule has 0 unspecified atom stereocenters. The third-order valence-corrected chi connectivity index (χ3v) is 5.25. The maximum Gasteiger partial charge on any atom is 0.328 e. The zero-order valence-corrected chi connectivity index (χ0v) is 16.2. The van der Waals surface area contributed by atoms with Gasteiger partial charge in [-0.1, -0.05) is 6.07 Å². The molecule has 0 aliphatic rings. The molecule has 3 rings (SSSR count). The molecule has 0 amide bonds. The Morgan fingerprint density at radius 2 is 2.00 bits per heavy atom. The minimum atomic E-state index is -4.02. The van der Waals surface area contributed by atoms with Crippen LogP contribution in [0.25, 0.3) is 6.08 Å². The lowest BCUT2D eigenvalue weighted by atomic mass is 10.2. The molecule has 0 bridgehead atoms. The van der Waals surface area contributed by atoms with Crippen molar-refractivity contribution in [1.82, 2.24) is 14.8 Å². The van der Waals surface area contributed by atoms with E-state index in [1.165, 1.54) is 25.3 Å². The van der Waals surface area contributed by atoms with Gasteiger partial charge in [-0.3, -0.25) is 14.4 Å². The van der Waals surface area contributed by atoms with Crippen molar-refractivity contribution in [2.24, 2.45) is 0 Å². The third-order valence-electron chi connectivity index (χ3n) is 3.87. The van der Waals surface area contributed by atoms with Crippen LogP contribution in [0, 0.1) is 0 Å². The number of rotatable bonds is 8. The number of methoxy groups -OCH3 is 1. The largest absolute Gasteiger partial charge is 0.495 e. The van der Waals surface area contributed by atoms with Gasteiger partial charge in [-0.05, 0) is 41.5 Å². The fourth-order valence-corrected chi connectivity index (χ4v) is 3.75. The third kappa shape index (κ3) is 5.20. The molecule has 150 valence electrons. The summed E-state index contributed by atoms with van der Waals surface area (Å²) in [6.45, 7) is 0.461. The number of carboxylic acids is 1. The number of nitrogens with one attached hydrogen (secondary N) is 1. The second-order valence-corrected chi connectivity index (χ2v) is 7.59. The number of anilines is 1. The molecule has 0 aliphatic carbocycles. The van der Waals surface area contributed by atoms with Gasteiger partial charge in [0, 0.05) is 30.7 Å². The van der Waals surface area contributed by atoms with Crippen molar-refractivity contribution in [2.45, 2.75) is 11.4 Å². The SMILES string of the molecule is COc1ccc(/C=C/C(=O)O)cc1S(=O)(=O)Nc1ccn(Cc2ccncc2)n1. The summed E-state index contributed by atoms with van der Waals surface area (Å²) in [5.41, 5.74) is 1.37. The number of carbonyl (C=O) groups is 1. The second-order valence-electron chi connectivity index (χ2n) is 5.94. The zero-order chi connectivity index (χ0) is 20.9. The van der Waals surface area contributed by atoms with E-state index in [1.54, 1.807) is 35.4 Å². The number of nitrogens with zero attached hydrogens (tertiary/aromatic N) is 3. The standard InChI is InChI=1S/C19H18N4O5S/c1-28-16-4-2-14(3-5-19(24)25)12-17(16)29(26,27)22-18-8-11-23(21-18)13-15-6-9-20-10-7-15/h2-12H,13H2,1H3,(H,21,22)(H,24,25)/b5-3+. The number of sulfonamides is 1. The van der Waals surface area contributed by atoms with Gasteiger partial charge in [0.05, 0.1) is 13.7 Å². The van der Waals surface area contributed by atoms with Crippen molar-refractivity contribution < 1.29 is 23.1 Å². The molecule has 3 aromatic rings. The monoisotopic (exact) mass is 414 g/mol. The van der Waals surface area contributed by atoms with Gasteiger partial charge in [-0.15, -0.1) is 0 Å². The van der Waals surface area contributed by atoms with Gasteiger partial charge in [-0.25, -0.2) is 13.2 Å². The number of benzene rings is 1. The summed E-state index contributed by atoms with van der Waals surface area (Å²) in [4.78, 5) is 14.5. The van der Waals surface area contributed by atoms with Gasteiger partial charge >= 0.3 is 5.97 Å². The molecular weight excluding hydrogens is 396 g/mol. The molecule has 2 heterocycles. The molecular formula is C19H18N4O5S. The smallest absolute Gasteiger partial charge is 0.328 e. The van der Waals surface area contributed by atoms with Crippen molar-refractivity contribution in [3.8, 4) is 5.75 Å². The summed E-state index contributed by atoms with van der Waals surface area (Å²) < 4.78 is 34.9. The first-order chi connectivity index (χ1) is 13.9. The van der Waals surface area contributed by atoms with Gasteiger partial charge in [-0.2, -0.15) is 5.10 Å². The fourth-order valence-electron chi connectivity index (χ4n) is 2.55. The lowest BCUT2D eigenvalue weighted by Gasteiger charge is -2.11. The Morgan fingerprint density at radius 1 is 1.24 bits per heavy atom. The number of pyridine rings is 1. The van der Waals surface area contributed by atoms with Crippen LogP contribution in [0.3, 0.4) is 0 Å². The Hall–Kier alpha value is -3.66. The summed E-state index contributed by atoms with van der Waals surface area (Å²) in [6, 6.07) is 9.56. The Morgan fingerprint density at radius 3 is 2.69 bits per heavy atom. The molecule has 0 atom stereocenters. The van der Waals surface area contributed by atoms with Gasteiger partial charge < -0.3 is 9.84 Å². The van der Waals surface area contributed by atoms with E-state index in [1.807, 2.05) is 12.1 Å². The average Bonchev–Trinajstić information content (AvgIpc) is 3.12. The van der Waals surface area contributed by atoms with Gasteiger partial charge in [0.25, 0.3) is 10.0 Å². The number of ether oxygens (including phenoxy) is 1. The average molecular weight is 414 g/mol. The highest BCUT2D eigenvalue weighted by Crippen LogP contribution is 2.27. The minimum Gasteiger partial charge on any atom is -0.495 e. The molecule has 29 heavy (non-hydrogen) atoms. The van der Waals surface area contributed by atoms with Crippen LogP contribution < -0.4 is 9.46 Å². The molecule has 0 fully saturated rings. The lowest BCUT2D eigenvalue weighted by molar-refractivity contribution is -0.131. The van der Waals surface area contributed by atoms with E-state index < -0.39 is 16.0 Å². The van der Waals surface area contributed by atoms with Crippen molar-refractivity contribution in [3.05, 3.63) is 72.2 Å². The van der Waals surface area contributed by atoms with E-state index in [-0.39, 0.29) is 16.5 Å². The van der Waals surface area contributed by atoms with E-state index in [0.717, 1.165) is 11.6 Å². The highest BCUT2D eigenvalue weighted by atomic mass is 32.2. The highest BCUT2D eigenvalue weighted by molar-refractivity contribution is 7.92. The van der Waals surface area contributed by atoms with E-state index >= 15 is 0 Å². The van der Waals surface area contributed by atoms with E-state index in [2.05, 4.69) is 14.8 Å². The Bertz CT molecular complexity index is 1140. The Labute approximate surface area is 167 Å². The predicted octanol–water partition coefficient (Wildman–Crippen LogP) is 2.23. The molecule has 2 aromatic heterocycles. The Kier molecular flexibility index (Phi) is 5.93. The van der Waals surface area contributed by atoms with Gasteiger partial charge in [0.15, 0.2) is 5.82 Å². The van der Waals surface area contributed by atoms with Crippen LogP contribution in [0.5, 0.6) is 5.75 Å². The fraction of sp³-hybridized carbons (Fsp3) is 0.105. The first kappa shape index (κ1) is 20.1. The summed E-state index contributed by atoms with van der Waals surface area (Å²) in [5, 5.41) is 13.0. The molecule has 0 saturated carbocycles. The normalized spacial score (nSPS) is 11.5. The quantitative estimate of drug-likeness (QED) is 0.542. The Balaban J connectivity index is 1.84. The maximum absolute atomic E-state index is 12.9. The van der Waals surface area contributed by atoms with E-state index in [4.69, 9.17) is 9.84 Å². The van der Waals surface area contributed by atoms with Crippen LogP contribution >= 0.6 is 0 Å². The first-order valence-corrected chi connectivity index (χ1v) is 9.90. The van der Waals surface area contributed by atoms with Crippen LogP contribution in [-0.2, 0) is 21.4 Å². The molecule has 0 saturated heterocycles. The first-order valence-electron chi connectivity index (χ1n) is 8.41. The molecule has 1 aromatic carbocycles. The van der Waals surface area contributed by atoms with Crippen molar-refractivity contribution in [2.75, 3.05) is 11.8 Å². The van der Waals surface area contributed by atoms with Crippen LogP contribution in [-0.4, -0.2) is 41.4 Å². The number of carboxylic acid groups (broad SMARTS) is 1. The number of hydrogen-bond donors (Lipinski definition) is 2. The number of hydrogen-bond acceptors (Lipinski definition) is 6. The lowest BCUT2D eigenvalue weighted by Crippen LogP contribution is -2.15. The number of aromatic nitrogens is 3. The van der Waals surface area contributed by atoms with Crippen LogP contribution in [0.15, 0.2) is 66.0 Å². The molecule has 9 nitrogen and oxygen atoms in total. The molecule has 0 radical (unpaired) electrons. The summed E-state index contributed by atoms with van der Waals surface area (Å²) in [6.07, 6.45) is 7.21. The van der Waals surface area contributed by atoms with E-state index in [0.29, 0.717) is 12.1 Å². The van der Waals surface area contributed by atoms with Crippen LogP contribution in [0.4, 0.5) is 5.82 Å². The summed E-state index contributed by atoms with van der Waals surface area (Å²) >= 11 is 0. The molecule has 10 heteroatoms. The van der Waals surface area contributed by atoms with Crippen molar-refractivity contribution in [1.29, 1.82) is 0 Å². The topological polar surface area (TPSA) is 123 Å². The van der Waals surface area contributed by atoms with Gasteiger partial charge in [0.2, 0.25) is 0 Å². The summed E-state index contributed by atoms with van der Waals surface area (Å²) in [7, 11) is -2.67. The van der Waals surface area contributed by atoms with Crippen LogP contribution in [0.2, 0.25) is 0 Å². The van der Waals surface area contributed by atoms with Crippen molar-refractivity contribution in [3.63, 3.8) is 0 Å². The zero-order valence-electron chi connectivity index (χ0n) is 15.4. The molecule has 0 spiro atoms. The second kappa shape index (κ2) is 8.57. The minimum absolute atomic E-state index is 0.126. The summed E-state index contributed by atoms with van der Waals surface area (Å²) in [5.74, 6) is -0.864. The van der Waals surface area contributed by atoms with Crippen LogP contribution in [0.1, 0.15) is 11.1 Å². The number of aliphatic carboxylic acids is 1.